The molecule has 1 fully saturated rings. The van der Waals surface area contributed by atoms with Gasteiger partial charge in [0, 0.05) is 5.56 Å². The maximum absolute atomic E-state index is 12.8. The van der Waals surface area contributed by atoms with Crippen LogP contribution in [0.4, 0.5) is 11.4 Å². The molecule has 29 heavy (non-hydrogen) atoms. The molecule has 2 aromatic carbocycles. The van der Waals surface area contributed by atoms with E-state index < -0.39 is 0 Å². The van der Waals surface area contributed by atoms with Crippen molar-refractivity contribution in [3.05, 3.63) is 70.4 Å². The monoisotopic (exact) mass is 430 g/mol. The lowest BCUT2D eigenvalue weighted by atomic mass is 10.2. The maximum atomic E-state index is 12.8. The van der Waals surface area contributed by atoms with Crippen LogP contribution in [0, 0.1) is 0 Å². The molecule has 2 heterocycles. The first-order valence-corrected chi connectivity index (χ1v) is 10.3. The summed E-state index contributed by atoms with van der Waals surface area (Å²) in [6, 6.07) is 16.5. The molecule has 2 N–H and O–H groups in total. The van der Waals surface area contributed by atoms with Crippen LogP contribution in [0.2, 0.25) is 10.0 Å². The van der Waals surface area contributed by atoms with Crippen molar-refractivity contribution in [1.82, 2.24) is 0 Å². The SMILES string of the molecule is C[NH+]1CCN(c2ccccc2NC(=O)c2ccc(-c3ccc(Cl)c(Cl)c3)o2)CC1. The average Bonchev–Trinajstić information content (AvgIpc) is 3.22. The van der Waals surface area contributed by atoms with Crippen molar-refractivity contribution in [3.63, 3.8) is 0 Å². The Bertz CT molecular complexity index is 1030. The quantitative estimate of drug-likeness (QED) is 0.660. The number of furan rings is 1. The summed E-state index contributed by atoms with van der Waals surface area (Å²) in [4.78, 5) is 16.6. The molecule has 1 aliphatic heterocycles. The van der Waals surface area contributed by atoms with Crippen molar-refractivity contribution in [2.75, 3.05) is 43.4 Å². The second-order valence-corrected chi connectivity index (χ2v) is 8.02. The number of quaternary nitrogens is 1. The molecule has 0 radical (unpaired) electrons. The first-order chi connectivity index (χ1) is 14.0. The molecular formula is C22H22Cl2N3O2+. The Morgan fingerprint density at radius 3 is 2.55 bits per heavy atom. The average molecular weight is 431 g/mol. The fourth-order valence-corrected chi connectivity index (χ4v) is 3.73. The zero-order valence-corrected chi connectivity index (χ0v) is 17.6. The van der Waals surface area contributed by atoms with Crippen LogP contribution in [-0.4, -0.2) is 39.1 Å². The third-order valence-electron chi connectivity index (χ3n) is 5.14. The molecule has 5 nitrogen and oxygen atoms in total. The van der Waals surface area contributed by atoms with Crippen LogP contribution < -0.4 is 15.1 Å². The minimum Gasteiger partial charge on any atom is -0.451 e. The van der Waals surface area contributed by atoms with Gasteiger partial charge in [0.2, 0.25) is 0 Å². The number of para-hydroxylation sites is 2. The first-order valence-electron chi connectivity index (χ1n) is 9.53. The summed E-state index contributed by atoms with van der Waals surface area (Å²) in [6.07, 6.45) is 0. The van der Waals surface area contributed by atoms with Crippen molar-refractivity contribution >= 4 is 40.5 Å². The van der Waals surface area contributed by atoms with Gasteiger partial charge in [-0.2, -0.15) is 0 Å². The Morgan fingerprint density at radius 1 is 1.03 bits per heavy atom. The Hall–Kier alpha value is -2.47. The number of nitrogens with zero attached hydrogens (tertiary/aromatic N) is 1. The zero-order valence-electron chi connectivity index (χ0n) is 16.0. The number of anilines is 2. The van der Waals surface area contributed by atoms with Crippen LogP contribution in [0.1, 0.15) is 10.6 Å². The highest BCUT2D eigenvalue weighted by atomic mass is 35.5. The number of likely N-dealkylation sites (N-methyl/N-ethyl adjacent to an activating group) is 1. The van der Waals surface area contributed by atoms with Crippen LogP contribution in [0.15, 0.2) is 59.0 Å². The number of benzene rings is 2. The Labute approximate surface area is 179 Å². The summed E-state index contributed by atoms with van der Waals surface area (Å²) in [6.45, 7) is 4.07. The molecule has 0 saturated carbocycles. The number of rotatable bonds is 4. The van der Waals surface area contributed by atoms with Crippen LogP contribution in [0.5, 0.6) is 0 Å². The van der Waals surface area contributed by atoms with E-state index in [1.807, 2.05) is 24.3 Å². The second-order valence-electron chi connectivity index (χ2n) is 7.21. The summed E-state index contributed by atoms with van der Waals surface area (Å²) >= 11 is 12.1. The van der Waals surface area contributed by atoms with E-state index in [4.69, 9.17) is 27.6 Å². The topological polar surface area (TPSA) is 49.9 Å². The van der Waals surface area contributed by atoms with E-state index in [1.54, 1.807) is 30.3 Å². The maximum Gasteiger partial charge on any atom is 0.291 e. The van der Waals surface area contributed by atoms with Gasteiger partial charge in [-0.3, -0.25) is 4.79 Å². The predicted octanol–water partition coefficient (Wildman–Crippen LogP) is 3.84. The van der Waals surface area contributed by atoms with Gasteiger partial charge >= 0.3 is 0 Å². The van der Waals surface area contributed by atoms with Gasteiger partial charge in [0.05, 0.1) is 54.6 Å². The van der Waals surface area contributed by atoms with Crippen LogP contribution in [-0.2, 0) is 0 Å². The van der Waals surface area contributed by atoms with Gasteiger partial charge in [-0.15, -0.1) is 0 Å². The number of hydrogen-bond acceptors (Lipinski definition) is 3. The Morgan fingerprint density at radius 2 is 1.79 bits per heavy atom. The molecule has 0 atom stereocenters. The number of carbonyl (C=O) groups excluding carboxylic acids is 1. The molecule has 1 amide bonds. The molecule has 3 aromatic rings. The van der Waals surface area contributed by atoms with Gasteiger partial charge in [0.25, 0.3) is 5.91 Å². The molecule has 4 rings (SSSR count). The lowest BCUT2D eigenvalue weighted by Gasteiger charge is -2.32. The fourth-order valence-electron chi connectivity index (χ4n) is 3.43. The van der Waals surface area contributed by atoms with E-state index in [1.165, 1.54) is 4.90 Å². The van der Waals surface area contributed by atoms with Gasteiger partial charge in [-0.25, -0.2) is 0 Å². The number of amides is 1. The molecule has 7 heteroatoms. The molecule has 150 valence electrons. The van der Waals surface area contributed by atoms with Crippen molar-refractivity contribution < 1.29 is 14.1 Å². The summed E-state index contributed by atoms with van der Waals surface area (Å²) < 4.78 is 5.77. The Balaban J connectivity index is 1.52. The molecule has 0 unspecified atom stereocenters. The lowest BCUT2D eigenvalue weighted by molar-refractivity contribution is -0.880. The molecule has 0 bridgehead atoms. The van der Waals surface area contributed by atoms with Gasteiger partial charge < -0.3 is 19.5 Å². The minimum absolute atomic E-state index is 0.240. The van der Waals surface area contributed by atoms with E-state index in [0.717, 1.165) is 43.1 Å². The second kappa shape index (κ2) is 8.49. The minimum atomic E-state index is -0.288. The Kier molecular flexibility index (Phi) is 5.81. The molecule has 0 spiro atoms. The molecule has 1 aliphatic rings. The number of piperazine rings is 1. The van der Waals surface area contributed by atoms with Crippen LogP contribution in [0.3, 0.4) is 0 Å². The van der Waals surface area contributed by atoms with Crippen molar-refractivity contribution in [2.45, 2.75) is 0 Å². The largest absolute Gasteiger partial charge is 0.451 e. The van der Waals surface area contributed by atoms with Crippen LogP contribution >= 0.6 is 23.2 Å². The van der Waals surface area contributed by atoms with Crippen molar-refractivity contribution in [2.24, 2.45) is 0 Å². The normalized spacial score (nSPS) is 14.8. The predicted molar refractivity (Wildman–Crippen MR) is 117 cm³/mol. The van der Waals surface area contributed by atoms with E-state index in [0.29, 0.717) is 15.8 Å². The fraction of sp³-hybridized carbons (Fsp3) is 0.227. The standard InChI is InChI=1S/C22H21Cl2N3O2/c1-26-10-12-27(13-11-26)19-5-3-2-4-18(19)25-22(28)21-9-8-20(29-21)15-6-7-16(23)17(24)14-15/h2-9,14H,10-13H2,1H3,(H,25,28)/p+1. The lowest BCUT2D eigenvalue weighted by Crippen LogP contribution is -3.12. The smallest absolute Gasteiger partial charge is 0.291 e. The summed E-state index contributed by atoms with van der Waals surface area (Å²) in [5, 5.41) is 3.91. The number of halogens is 2. The van der Waals surface area contributed by atoms with Gasteiger partial charge in [-0.05, 0) is 42.5 Å². The summed E-state index contributed by atoms with van der Waals surface area (Å²) in [7, 11) is 2.20. The molecule has 1 aromatic heterocycles. The van der Waals surface area contributed by atoms with Crippen molar-refractivity contribution in [1.29, 1.82) is 0 Å². The molecular weight excluding hydrogens is 409 g/mol. The van der Waals surface area contributed by atoms with Gasteiger partial charge in [0.1, 0.15) is 5.76 Å². The number of hydrogen-bond donors (Lipinski definition) is 2. The third-order valence-corrected chi connectivity index (χ3v) is 5.88. The highest BCUT2D eigenvalue weighted by molar-refractivity contribution is 6.42. The first kappa shape index (κ1) is 19.8. The number of carbonyl (C=O) groups is 1. The van der Waals surface area contributed by atoms with E-state index in [-0.39, 0.29) is 11.7 Å². The molecule has 0 aliphatic carbocycles. The van der Waals surface area contributed by atoms with E-state index in [9.17, 15) is 4.79 Å². The number of nitrogens with one attached hydrogen (secondary N) is 2. The van der Waals surface area contributed by atoms with E-state index in [2.05, 4.69) is 17.3 Å². The zero-order chi connectivity index (χ0) is 20.4. The summed E-state index contributed by atoms with van der Waals surface area (Å²) in [5.41, 5.74) is 2.58. The van der Waals surface area contributed by atoms with Crippen molar-refractivity contribution in [3.8, 4) is 11.3 Å². The van der Waals surface area contributed by atoms with Crippen LogP contribution in [0.25, 0.3) is 11.3 Å². The van der Waals surface area contributed by atoms with Gasteiger partial charge in [0.15, 0.2) is 5.76 Å². The highest BCUT2D eigenvalue weighted by Gasteiger charge is 2.21. The third kappa shape index (κ3) is 4.42. The highest BCUT2D eigenvalue weighted by Crippen LogP contribution is 2.30. The van der Waals surface area contributed by atoms with E-state index >= 15 is 0 Å². The molecule has 1 saturated heterocycles. The van der Waals surface area contributed by atoms with Gasteiger partial charge in [-0.1, -0.05) is 35.3 Å². The summed E-state index contributed by atoms with van der Waals surface area (Å²) in [5.74, 6) is 0.510.